The monoisotopic (exact) mass is 474 g/mol. The van der Waals surface area contributed by atoms with Crippen molar-refractivity contribution in [2.45, 2.75) is 0 Å². The summed E-state index contributed by atoms with van der Waals surface area (Å²) >= 11 is 0. The summed E-state index contributed by atoms with van der Waals surface area (Å²) < 4.78 is 2.40. The van der Waals surface area contributed by atoms with E-state index in [2.05, 4.69) is 150 Å². The predicted octanol–water partition coefficient (Wildman–Crippen LogP) is 9.37. The van der Waals surface area contributed by atoms with Crippen molar-refractivity contribution >= 4 is 44.0 Å². The smallest absolute Gasteiger partial charge is 0.0547 e. The van der Waals surface area contributed by atoms with Crippen molar-refractivity contribution in [2.75, 3.05) is 11.9 Å². The fourth-order valence-corrected chi connectivity index (χ4v) is 5.42. The molecule has 6 aromatic carbocycles. The van der Waals surface area contributed by atoms with Crippen LogP contribution in [0.5, 0.6) is 0 Å². The minimum atomic E-state index is 1.17. The predicted molar refractivity (Wildman–Crippen MR) is 158 cm³/mol. The average molecular weight is 475 g/mol. The Labute approximate surface area is 216 Å². The van der Waals surface area contributed by atoms with Gasteiger partial charge in [0.2, 0.25) is 0 Å². The number of hydrogen-bond acceptors (Lipinski definition) is 1. The molecular formula is C35H26N2. The van der Waals surface area contributed by atoms with Crippen LogP contribution in [0.15, 0.2) is 140 Å². The van der Waals surface area contributed by atoms with E-state index < -0.39 is 0 Å². The molecule has 0 bridgehead atoms. The number of nitrogens with zero attached hydrogens (tertiary/aromatic N) is 2. The van der Waals surface area contributed by atoms with E-state index in [0.717, 1.165) is 0 Å². The first-order chi connectivity index (χ1) is 18.3. The van der Waals surface area contributed by atoms with Crippen molar-refractivity contribution in [1.82, 2.24) is 4.57 Å². The van der Waals surface area contributed by atoms with Gasteiger partial charge in [-0.05, 0) is 76.5 Å². The van der Waals surface area contributed by atoms with E-state index in [-0.39, 0.29) is 0 Å². The summed E-state index contributed by atoms with van der Waals surface area (Å²) in [5.74, 6) is 0. The van der Waals surface area contributed by atoms with Gasteiger partial charge in [0.15, 0.2) is 0 Å². The van der Waals surface area contributed by atoms with Crippen LogP contribution in [-0.2, 0) is 0 Å². The SMILES string of the molecule is CN(c1ccccc1)c1ccc(-c2ccc3c4cc5ccccc5cc4n(-c4ccccc4)c3c2)cc1. The fraction of sp³-hybridized carbons (Fsp3) is 0.0286. The van der Waals surface area contributed by atoms with Gasteiger partial charge in [-0.3, -0.25) is 0 Å². The van der Waals surface area contributed by atoms with Crippen molar-refractivity contribution in [3.05, 3.63) is 140 Å². The number of para-hydroxylation sites is 2. The fourth-order valence-electron chi connectivity index (χ4n) is 5.42. The van der Waals surface area contributed by atoms with Crippen molar-refractivity contribution in [1.29, 1.82) is 0 Å². The normalized spacial score (nSPS) is 11.4. The quantitative estimate of drug-likeness (QED) is 0.247. The number of benzene rings is 6. The molecule has 7 aromatic rings. The molecule has 176 valence electrons. The first-order valence-electron chi connectivity index (χ1n) is 12.7. The van der Waals surface area contributed by atoms with Gasteiger partial charge in [0, 0.05) is 34.9 Å². The zero-order valence-corrected chi connectivity index (χ0v) is 20.7. The molecule has 0 unspecified atom stereocenters. The van der Waals surface area contributed by atoms with Crippen LogP contribution in [0.25, 0.3) is 49.4 Å². The van der Waals surface area contributed by atoms with Crippen LogP contribution in [0, 0.1) is 0 Å². The summed E-state index contributed by atoms with van der Waals surface area (Å²) in [7, 11) is 2.11. The maximum Gasteiger partial charge on any atom is 0.0547 e. The van der Waals surface area contributed by atoms with Gasteiger partial charge in [-0.15, -0.1) is 0 Å². The third-order valence-corrected chi connectivity index (χ3v) is 7.38. The van der Waals surface area contributed by atoms with E-state index in [1.807, 2.05) is 6.07 Å². The van der Waals surface area contributed by atoms with Gasteiger partial charge in [-0.25, -0.2) is 0 Å². The molecule has 2 heteroatoms. The second-order valence-electron chi connectivity index (χ2n) is 9.56. The summed E-state index contributed by atoms with van der Waals surface area (Å²) in [6.45, 7) is 0. The lowest BCUT2D eigenvalue weighted by atomic mass is 10.0. The second kappa shape index (κ2) is 8.69. The number of fused-ring (bicyclic) bond motifs is 4. The highest BCUT2D eigenvalue weighted by molar-refractivity contribution is 6.14. The topological polar surface area (TPSA) is 8.17 Å². The number of aromatic nitrogens is 1. The minimum Gasteiger partial charge on any atom is -0.345 e. The van der Waals surface area contributed by atoms with Crippen LogP contribution in [0.3, 0.4) is 0 Å². The molecule has 2 nitrogen and oxygen atoms in total. The molecule has 0 fully saturated rings. The number of anilines is 2. The van der Waals surface area contributed by atoms with Gasteiger partial charge < -0.3 is 9.47 Å². The molecule has 0 atom stereocenters. The van der Waals surface area contributed by atoms with Crippen molar-refractivity contribution in [2.24, 2.45) is 0 Å². The van der Waals surface area contributed by atoms with E-state index in [1.54, 1.807) is 0 Å². The standard InChI is InChI=1S/C35H26N2/c1-36(29-12-4-2-5-13-29)30-19-16-25(17-20-30)28-18-21-32-33-22-26-10-8-9-11-27(26)23-35(33)37(34(32)24-28)31-14-6-3-7-15-31/h2-24H,1H3. The van der Waals surface area contributed by atoms with Gasteiger partial charge in [0.25, 0.3) is 0 Å². The first-order valence-corrected chi connectivity index (χ1v) is 12.7. The molecule has 1 heterocycles. The van der Waals surface area contributed by atoms with Crippen LogP contribution in [-0.4, -0.2) is 11.6 Å². The van der Waals surface area contributed by atoms with E-state index in [1.165, 1.54) is 60.8 Å². The zero-order chi connectivity index (χ0) is 24.8. The molecule has 0 amide bonds. The molecule has 0 aliphatic rings. The summed E-state index contributed by atoms with van der Waals surface area (Å²) in [5, 5.41) is 5.08. The van der Waals surface area contributed by atoms with E-state index in [9.17, 15) is 0 Å². The lowest BCUT2D eigenvalue weighted by Gasteiger charge is -2.19. The van der Waals surface area contributed by atoms with Crippen LogP contribution in [0.2, 0.25) is 0 Å². The highest BCUT2D eigenvalue weighted by Crippen LogP contribution is 2.37. The Balaban J connectivity index is 1.39. The third kappa shape index (κ3) is 3.66. The lowest BCUT2D eigenvalue weighted by molar-refractivity contribution is 1.18. The van der Waals surface area contributed by atoms with Crippen molar-refractivity contribution in [3.8, 4) is 16.8 Å². The molecule has 0 radical (unpaired) electrons. The van der Waals surface area contributed by atoms with Gasteiger partial charge in [0.1, 0.15) is 0 Å². The molecular weight excluding hydrogens is 448 g/mol. The van der Waals surface area contributed by atoms with E-state index in [4.69, 9.17) is 0 Å². The summed E-state index contributed by atoms with van der Waals surface area (Å²) in [6.07, 6.45) is 0. The second-order valence-corrected chi connectivity index (χ2v) is 9.56. The van der Waals surface area contributed by atoms with Crippen LogP contribution in [0.4, 0.5) is 11.4 Å². The van der Waals surface area contributed by atoms with Crippen molar-refractivity contribution in [3.63, 3.8) is 0 Å². The maximum absolute atomic E-state index is 2.40. The van der Waals surface area contributed by atoms with Gasteiger partial charge in [-0.1, -0.05) is 84.9 Å². The Morgan fingerprint density at radius 2 is 1.03 bits per heavy atom. The van der Waals surface area contributed by atoms with Crippen molar-refractivity contribution < 1.29 is 0 Å². The Bertz CT molecular complexity index is 1860. The molecule has 37 heavy (non-hydrogen) atoms. The van der Waals surface area contributed by atoms with Crippen LogP contribution in [0.1, 0.15) is 0 Å². The Kier molecular flexibility index (Phi) is 5.04. The third-order valence-electron chi connectivity index (χ3n) is 7.38. The highest BCUT2D eigenvalue weighted by Gasteiger charge is 2.14. The number of hydrogen-bond donors (Lipinski definition) is 0. The largest absolute Gasteiger partial charge is 0.345 e. The average Bonchev–Trinajstić information content (AvgIpc) is 3.29. The molecule has 0 aliphatic heterocycles. The molecule has 0 aliphatic carbocycles. The molecule has 7 rings (SSSR count). The Morgan fingerprint density at radius 1 is 0.459 bits per heavy atom. The first kappa shape index (κ1) is 21.5. The zero-order valence-electron chi connectivity index (χ0n) is 20.7. The maximum atomic E-state index is 2.40. The summed E-state index contributed by atoms with van der Waals surface area (Å²) in [4.78, 5) is 2.21. The van der Waals surface area contributed by atoms with Gasteiger partial charge in [0.05, 0.1) is 11.0 Å². The Morgan fingerprint density at radius 3 is 1.76 bits per heavy atom. The van der Waals surface area contributed by atoms with Crippen LogP contribution >= 0.6 is 0 Å². The summed E-state index contributed by atoms with van der Waals surface area (Å²) in [5.41, 5.74) is 8.40. The lowest BCUT2D eigenvalue weighted by Crippen LogP contribution is -2.08. The molecule has 1 aromatic heterocycles. The highest BCUT2D eigenvalue weighted by atomic mass is 15.1. The molecule has 0 N–H and O–H groups in total. The van der Waals surface area contributed by atoms with E-state index in [0.29, 0.717) is 0 Å². The van der Waals surface area contributed by atoms with E-state index >= 15 is 0 Å². The Hall–Kier alpha value is -4.82. The van der Waals surface area contributed by atoms with Gasteiger partial charge in [-0.2, -0.15) is 0 Å². The molecule has 0 saturated carbocycles. The van der Waals surface area contributed by atoms with Crippen LogP contribution < -0.4 is 4.90 Å². The minimum absolute atomic E-state index is 1.17. The molecule has 0 spiro atoms. The molecule has 0 saturated heterocycles. The van der Waals surface area contributed by atoms with Gasteiger partial charge >= 0.3 is 0 Å². The number of rotatable bonds is 4. The summed E-state index contributed by atoms with van der Waals surface area (Å²) in [6, 6.07) is 50.1.